The lowest BCUT2D eigenvalue weighted by Gasteiger charge is -2.05. The number of phenolic OH excluding ortho intramolecular Hbond substituents is 1. The first-order valence-corrected chi connectivity index (χ1v) is 7.70. The first-order valence-electron chi connectivity index (χ1n) is 5.81. The molecule has 0 bridgehead atoms. The molecule has 0 saturated carbocycles. The molecule has 0 radical (unpaired) electrons. The maximum absolute atomic E-state index is 11.6. The summed E-state index contributed by atoms with van der Waals surface area (Å²) in [5.41, 5.74) is 1.55. The monoisotopic (exact) mass is 289 g/mol. The number of phenols is 1. The summed E-state index contributed by atoms with van der Waals surface area (Å²) in [5, 5.41) is 18.3. The molecule has 0 atom stereocenters. The van der Waals surface area contributed by atoms with E-state index < -0.39 is 9.84 Å². The molecule has 102 valence electrons. The minimum Gasteiger partial charge on any atom is -0.506 e. The van der Waals surface area contributed by atoms with Crippen molar-refractivity contribution in [2.75, 3.05) is 6.26 Å². The number of sulfone groups is 1. The molecular weight excluding hydrogens is 278 g/mol. The summed E-state index contributed by atoms with van der Waals surface area (Å²) in [4.78, 5) is 1.33. The second-order valence-corrected chi connectivity index (χ2v) is 6.42. The van der Waals surface area contributed by atoms with Gasteiger partial charge in [0, 0.05) is 6.26 Å². The van der Waals surface area contributed by atoms with Crippen molar-refractivity contribution in [1.82, 2.24) is 15.0 Å². The van der Waals surface area contributed by atoms with Crippen LogP contribution in [0.3, 0.4) is 0 Å². The third-order valence-electron chi connectivity index (χ3n) is 2.88. The number of aromatic hydroxyl groups is 1. The Labute approximate surface area is 115 Å². The van der Waals surface area contributed by atoms with Gasteiger partial charge in [0.1, 0.15) is 22.5 Å². The molecule has 3 aromatic rings. The molecule has 7 heteroatoms. The van der Waals surface area contributed by atoms with E-state index in [1.54, 1.807) is 12.1 Å². The molecular formula is C13H11N3O3S. The number of fused-ring (bicyclic) bond motifs is 1. The zero-order chi connectivity index (χ0) is 14.3. The van der Waals surface area contributed by atoms with Crippen LogP contribution in [0.15, 0.2) is 47.4 Å². The van der Waals surface area contributed by atoms with Crippen molar-refractivity contribution in [1.29, 1.82) is 0 Å². The van der Waals surface area contributed by atoms with Crippen molar-refractivity contribution < 1.29 is 13.5 Å². The zero-order valence-corrected chi connectivity index (χ0v) is 11.4. The van der Waals surface area contributed by atoms with Crippen molar-refractivity contribution in [3.8, 4) is 11.4 Å². The second-order valence-electron chi connectivity index (χ2n) is 4.40. The smallest absolute Gasteiger partial charge is 0.175 e. The van der Waals surface area contributed by atoms with Gasteiger partial charge in [0.25, 0.3) is 0 Å². The van der Waals surface area contributed by atoms with Gasteiger partial charge in [-0.15, -0.1) is 15.0 Å². The molecule has 0 spiro atoms. The first kappa shape index (κ1) is 12.6. The lowest BCUT2D eigenvalue weighted by atomic mass is 10.3. The molecule has 2 aromatic carbocycles. The molecule has 0 aliphatic heterocycles. The third-order valence-corrected chi connectivity index (χ3v) is 3.99. The fourth-order valence-electron chi connectivity index (χ4n) is 1.86. The third kappa shape index (κ3) is 2.12. The van der Waals surface area contributed by atoms with Crippen molar-refractivity contribution in [2.24, 2.45) is 0 Å². The SMILES string of the molecule is CS(=O)(=O)c1ccc(O)c(-n2nc3ccccc3n2)c1. The highest BCUT2D eigenvalue weighted by atomic mass is 32.2. The highest BCUT2D eigenvalue weighted by Crippen LogP contribution is 2.25. The summed E-state index contributed by atoms with van der Waals surface area (Å²) < 4.78 is 23.1. The van der Waals surface area contributed by atoms with Gasteiger partial charge in [-0.2, -0.15) is 0 Å². The quantitative estimate of drug-likeness (QED) is 0.773. The molecule has 0 unspecified atom stereocenters. The Kier molecular flexibility index (Phi) is 2.72. The lowest BCUT2D eigenvalue weighted by Crippen LogP contribution is -2.03. The average molecular weight is 289 g/mol. The van der Waals surface area contributed by atoms with E-state index in [2.05, 4.69) is 10.2 Å². The summed E-state index contributed by atoms with van der Waals surface area (Å²) in [6, 6.07) is 11.2. The van der Waals surface area contributed by atoms with Crippen molar-refractivity contribution in [3.63, 3.8) is 0 Å². The summed E-state index contributed by atoms with van der Waals surface area (Å²) in [6.45, 7) is 0. The number of benzene rings is 2. The van der Waals surface area contributed by atoms with Gasteiger partial charge < -0.3 is 5.11 Å². The van der Waals surface area contributed by atoms with E-state index in [1.807, 2.05) is 12.1 Å². The predicted molar refractivity (Wildman–Crippen MR) is 73.6 cm³/mol. The Hall–Kier alpha value is -2.41. The molecule has 0 aliphatic rings. The Morgan fingerprint density at radius 3 is 2.20 bits per heavy atom. The second kappa shape index (κ2) is 4.31. The Morgan fingerprint density at radius 2 is 1.65 bits per heavy atom. The molecule has 20 heavy (non-hydrogen) atoms. The molecule has 3 rings (SSSR count). The maximum atomic E-state index is 11.6. The van der Waals surface area contributed by atoms with Crippen molar-refractivity contribution in [2.45, 2.75) is 4.90 Å². The van der Waals surface area contributed by atoms with Gasteiger partial charge in [0.15, 0.2) is 9.84 Å². The van der Waals surface area contributed by atoms with Crippen LogP contribution in [0.5, 0.6) is 5.75 Å². The average Bonchev–Trinajstić information content (AvgIpc) is 2.81. The minimum absolute atomic E-state index is 0.0855. The van der Waals surface area contributed by atoms with Gasteiger partial charge in [-0.05, 0) is 30.3 Å². The van der Waals surface area contributed by atoms with Gasteiger partial charge in [0.2, 0.25) is 0 Å². The van der Waals surface area contributed by atoms with E-state index in [1.165, 1.54) is 23.0 Å². The zero-order valence-electron chi connectivity index (χ0n) is 10.6. The van der Waals surface area contributed by atoms with E-state index in [0.29, 0.717) is 11.0 Å². The Morgan fingerprint density at radius 1 is 1.05 bits per heavy atom. The van der Waals surface area contributed by atoms with E-state index in [4.69, 9.17) is 0 Å². The van der Waals surface area contributed by atoms with E-state index in [0.717, 1.165) is 6.26 Å². The molecule has 0 saturated heterocycles. The first-order chi connectivity index (χ1) is 9.45. The van der Waals surface area contributed by atoms with Crippen LogP contribution in [0.25, 0.3) is 16.7 Å². The van der Waals surface area contributed by atoms with Crippen LogP contribution < -0.4 is 0 Å². The molecule has 0 fully saturated rings. The van der Waals surface area contributed by atoms with Gasteiger partial charge in [-0.25, -0.2) is 8.42 Å². The van der Waals surface area contributed by atoms with E-state index >= 15 is 0 Å². The highest BCUT2D eigenvalue weighted by Gasteiger charge is 2.14. The summed E-state index contributed by atoms with van der Waals surface area (Å²) in [6.07, 6.45) is 1.11. The molecule has 1 aromatic heterocycles. The topological polar surface area (TPSA) is 85.1 Å². The molecule has 1 heterocycles. The van der Waals surface area contributed by atoms with Crippen LogP contribution in [0.2, 0.25) is 0 Å². The lowest BCUT2D eigenvalue weighted by molar-refractivity contribution is 0.467. The van der Waals surface area contributed by atoms with Gasteiger partial charge in [-0.1, -0.05) is 12.1 Å². The van der Waals surface area contributed by atoms with Crippen molar-refractivity contribution >= 4 is 20.9 Å². The summed E-state index contributed by atoms with van der Waals surface area (Å²) in [7, 11) is -3.36. The van der Waals surface area contributed by atoms with Gasteiger partial charge >= 0.3 is 0 Å². The Balaban J connectivity index is 2.23. The number of hydrogen-bond donors (Lipinski definition) is 1. The molecule has 0 amide bonds. The van der Waals surface area contributed by atoms with Crippen LogP contribution in [-0.4, -0.2) is 34.8 Å². The van der Waals surface area contributed by atoms with E-state index in [-0.39, 0.29) is 16.3 Å². The fraction of sp³-hybridized carbons (Fsp3) is 0.0769. The van der Waals surface area contributed by atoms with E-state index in [9.17, 15) is 13.5 Å². The normalized spacial score (nSPS) is 11.8. The summed E-state index contributed by atoms with van der Waals surface area (Å²) in [5.74, 6) is -0.0855. The number of aromatic nitrogens is 3. The molecule has 0 aliphatic carbocycles. The van der Waals surface area contributed by atoms with Crippen LogP contribution in [0.4, 0.5) is 0 Å². The molecule has 6 nitrogen and oxygen atoms in total. The maximum Gasteiger partial charge on any atom is 0.175 e. The fourth-order valence-corrected chi connectivity index (χ4v) is 2.50. The van der Waals surface area contributed by atoms with Gasteiger partial charge in [0.05, 0.1) is 4.90 Å². The number of rotatable bonds is 2. The van der Waals surface area contributed by atoms with Crippen LogP contribution in [0.1, 0.15) is 0 Å². The molecule has 1 N–H and O–H groups in total. The van der Waals surface area contributed by atoms with Crippen LogP contribution >= 0.6 is 0 Å². The summed E-state index contributed by atoms with van der Waals surface area (Å²) >= 11 is 0. The standard InChI is InChI=1S/C13H11N3O3S/c1-20(18,19)9-6-7-13(17)12(8-9)16-14-10-4-2-3-5-11(10)15-16/h2-8,17H,1H3. The highest BCUT2D eigenvalue weighted by molar-refractivity contribution is 7.90. The number of nitrogens with zero attached hydrogens (tertiary/aromatic N) is 3. The predicted octanol–water partition coefficient (Wildman–Crippen LogP) is 1.53. The van der Waals surface area contributed by atoms with Crippen LogP contribution in [-0.2, 0) is 9.84 Å². The minimum atomic E-state index is -3.36. The van der Waals surface area contributed by atoms with Gasteiger partial charge in [-0.3, -0.25) is 0 Å². The van der Waals surface area contributed by atoms with Crippen LogP contribution in [0, 0.1) is 0 Å². The largest absolute Gasteiger partial charge is 0.506 e. The number of hydrogen-bond acceptors (Lipinski definition) is 5. The Bertz CT molecular complexity index is 867. The van der Waals surface area contributed by atoms with Crippen molar-refractivity contribution in [3.05, 3.63) is 42.5 Å².